The molecular weight excluding hydrogens is 216 g/mol. The minimum absolute atomic E-state index is 0.00113. The third kappa shape index (κ3) is 4.16. The summed E-state index contributed by atoms with van der Waals surface area (Å²) in [6.07, 6.45) is 1.14. The van der Waals surface area contributed by atoms with Gasteiger partial charge in [-0.15, -0.1) is 0 Å². The fraction of sp³-hybridized carbons (Fsp3) is 0.917. The van der Waals surface area contributed by atoms with Crippen LogP contribution >= 0.6 is 0 Å². The Morgan fingerprint density at radius 3 is 3.12 bits per heavy atom. The van der Waals surface area contributed by atoms with Gasteiger partial charge in [0.05, 0.1) is 12.2 Å². The van der Waals surface area contributed by atoms with Crippen LogP contribution in [0.5, 0.6) is 0 Å². The average Bonchev–Trinajstić information content (AvgIpc) is 2.29. The molecule has 5 heteroatoms. The predicted molar refractivity (Wildman–Crippen MR) is 69.4 cm³/mol. The lowest BCUT2D eigenvalue weighted by molar-refractivity contribution is -0.0852. The maximum atomic E-state index is 5.69. The van der Waals surface area contributed by atoms with Crippen molar-refractivity contribution in [3.05, 3.63) is 0 Å². The molecule has 2 aliphatic rings. The summed E-state index contributed by atoms with van der Waals surface area (Å²) < 4.78 is 5.69. The number of nitrogens with zero attached hydrogens (tertiary/aromatic N) is 2. The molecule has 2 N–H and O–H groups in total. The zero-order valence-corrected chi connectivity index (χ0v) is 11.0. The van der Waals surface area contributed by atoms with Crippen molar-refractivity contribution in [2.75, 3.05) is 45.9 Å². The van der Waals surface area contributed by atoms with Crippen LogP contribution in [0.4, 0.5) is 0 Å². The van der Waals surface area contributed by atoms with Crippen LogP contribution in [0.3, 0.4) is 0 Å². The molecule has 0 aromatic carbocycles. The number of nitrogens with one attached hydrogen (secondary N) is 2. The van der Waals surface area contributed by atoms with Gasteiger partial charge in [-0.3, -0.25) is 9.89 Å². The van der Waals surface area contributed by atoms with E-state index in [4.69, 9.17) is 4.74 Å². The standard InChI is InChI=1S/C12H24N4O/c1-12(2)10-16(8-9-17-12)7-6-15-11-13-4-3-5-14-11/h3-10H2,1-2H3,(H2,13,14,15). The topological polar surface area (TPSA) is 48.9 Å². The van der Waals surface area contributed by atoms with Gasteiger partial charge in [-0.1, -0.05) is 0 Å². The van der Waals surface area contributed by atoms with Gasteiger partial charge in [0.1, 0.15) is 0 Å². The van der Waals surface area contributed by atoms with E-state index >= 15 is 0 Å². The summed E-state index contributed by atoms with van der Waals surface area (Å²) in [7, 11) is 0. The van der Waals surface area contributed by atoms with E-state index in [0.29, 0.717) is 0 Å². The molecule has 98 valence electrons. The highest BCUT2D eigenvalue weighted by atomic mass is 16.5. The second-order valence-corrected chi connectivity index (χ2v) is 5.32. The molecule has 2 aliphatic heterocycles. The van der Waals surface area contributed by atoms with Crippen molar-refractivity contribution >= 4 is 5.96 Å². The van der Waals surface area contributed by atoms with Crippen molar-refractivity contribution in [2.24, 2.45) is 4.99 Å². The van der Waals surface area contributed by atoms with E-state index in [0.717, 1.165) is 58.3 Å². The molecule has 0 amide bonds. The van der Waals surface area contributed by atoms with E-state index < -0.39 is 0 Å². The minimum atomic E-state index is -0.00113. The third-order valence-electron chi connectivity index (χ3n) is 3.12. The number of rotatable bonds is 3. The summed E-state index contributed by atoms with van der Waals surface area (Å²) in [5.74, 6) is 0.962. The van der Waals surface area contributed by atoms with Crippen LogP contribution in [0.15, 0.2) is 4.99 Å². The van der Waals surface area contributed by atoms with Crippen molar-refractivity contribution in [1.29, 1.82) is 0 Å². The van der Waals surface area contributed by atoms with E-state index in [1.807, 2.05) is 0 Å². The van der Waals surface area contributed by atoms with Gasteiger partial charge in [0.2, 0.25) is 0 Å². The van der Waals surface area contributed by atoms with E-state index in [2.05, 4.69) is 34.4 Å². The zero-order chi connectivity index (χ0) is 12.1. The molecule has 0 aromatic heterocycles. The van der Waals surface area contributed by atoms with Crippen LogP contribution in [-0.2, 0) is 4.74 Å². The Balaban J connectivity index is 1.66. The molecule has 0 aliphatic carbocycles. The Kier molecular flexibility index (Phi) is 4.23. The van der Waals surface area contributed by atoms with Crippen molar-refractivity contribution in [3.63, 3.8) is 0 Å². The highest BCUT2D eigenvalue weighted by molar-refractivity contribution is 5.80. The third-order valence-corrected chi connectivity index (χ3v) is 3.12. The van der Waals surface area contributed by atoms with Crippen LogP contribution in [0.1, 0.15) is 20.3 Å². The molecule has 0 saturated carbocycles. The lowest BCUT2D eigenvalue weighted by atomic mass is 10.1. The Bertz CT molecular complexity index is 278. The second kappa shape index (κ2) is 5.69. The molecule has 0 bridgehead atoms. The fourth-order valence-corrected chi connectivity index (χ4v) is 2.29. The molecule has 17 heavy (non-hydrogen) atoms. The lowest BCUT2D eigenvalue weighted by Gasteiger charge is -2.38. The number of aliphatic imine (C=N–C) groups is 1. The van der Waals surface area contributed by atoms with Gasteiger partial charge in [0.15, 0.2) is 5.96 Å². The Morgan fingerprint density at radius 1 is 1.53 bits per heavy atom. The first-order chi connectivity index (χ1) is 8.16. The summed E-state index contributed by atoms with van der Waals surface area (Å²) in [6.45, 7) is 11.2. The molecule has 2 rings (SSSR count). The maximum absolute atomic E-state index is 5.69. The second-order valence-electron chi connectivity index (χ2n) is 5.32. The highest BCUT2D eigenvalue weighted by Crippen LogP contribution is 2.15. The van der Waals surface area contributed by atoms with Crippen LogP contribution in [0, 0.1) is 0 Å². The van der Waals surface area contributed by atoms with Crippen molar-refractivity contribution < 1.29 is 4.74 Å². The number of hydrogen-bond acceptors (Lipinski definition) is 5. The van der Waals surface area contributed by atoms with E-state index in [-0.39, 0.29) is 5.60 Å². The number of guanidine groups is 1. The molecule has 0 aromatic rings. The van der Waals surface area contributed by atoms with Crippen LogP contribution in [0.25, 0.3) is 0 Å². The van der Waals surface area contributed by atoms with E-state index in [1.165, 1.54) is 0 Å². The Labute approximate surface area is 104 Å². The van der Waals surface area contributed by atoms with E-state index in [9.17, 15) is 0 Å². The quantitative estimate of drug-likeness (QED) is 0.731. The summed E-state index contributed by atoms with van der Waals surface area (Å²) >= 11 is 0. The molecule has 1 fully saturated rings. The first kappa shape index (κ1) is 12.6. The predicted octanol–water partition coefficient (Wildman–Crippen LogP) is 0.0361. The molecule has 0 radical (unpaired) electrons. The maximum Gasteiger partial charge on any atom is 0.191 e. The fourth-order valence-electron chi connectivity index (χ4n) is 2.29. The molecule has 2 heterocycles. The smallest absolute Gasteiger partial charge is 0.191 e. The molecule has 0 spiro atoms. The van der Waals surface area contributed by atoms with Gasteiger partial charge in [0, 0.05) is 39.3 Å². The number of ether oxygens (including phenoxy) is 1. The van der Waals surface area contributed by atoms with Crippen molar-refractivity contribution in [2.45, 2.75) is 25.9 Å². The van der Waals surface area contributed by atoms with Gasteiger partial charge >= 0.3 is 0 Å². The Hall–Kier alpha value is -0.810. The molecule has 1 saturated heterocycles. The monoisotopic (exact) mass is 240 g/mol. The van der Waals surface area contributed by atoms with Gasteiger partial charge in [-0.2, -0.15) is 0 Å². The lowest BCUT2D eigenvalue weighted by Crippen LogP contribution is -2.51. The number of hydrogen-bond donors (Lipinski definition) is 2. The summed E-state index contributed by atoms with van der Waals surface area (Å²) in [5, 5.41) is 6.62. The van der Waals surface area contributed by atoms with Crippen molar-refractivity contribution in [3.8, 4) is 0 Å². The summed E-state index contributed by atoms with van der Waals surface area (Å²) in [5.41, 5.74) is -0.00113. The Morgan fingerprint density at radius 2 is 2.41 bits per heavy atom. The molecular formula is C12H24N4O. The van der Waals surface area contributed by atoms with E-state index in [1.54, 1.807) is 0 Å². The van der Waals surface area contributed by atoms with Crippen molar-refractivity contribution in [1.82, 2.24) is 15.5 Å². The van der Waals surface area contributed by atoms with Crippen LogP contribution in [0.2, 0.25) is 0 Å². The average molecular weight is 240 g/mol. The van der Waals surface area contributed by atoms with Gasteiger partial charge < -0.3 is 15.4 Å². The minimum Gasteiger partial charge on any atom is -0.373 e. The van der Waals surface area contributed by atoms with Gasteiger partial charge in [-0.25, -0.2) is 0 Å². The molecule has 5 nitrogen and oxygen atoms in total. The molecule has 0 unspecified atom stereocenters. The summed E-state index contributed by atoms with van der Waals surface area (Å²) in [6, 6.07) is 0. The normalized spacial score (nSPS) is 24.9. The summed E-state index contributed by atoms with van der Waals surface area (Å²) in [4.78, 5) is 6.84. The van der Waals surface area contributed by atoms with Crippen LogP contribution in [-0.4, -0.2) is 62.3 Å². The largest absolute Gasteiger partial charge is 0.373 e. The SMILES string of the molecule is CC1(C)CN(CCNC2=NCCCN2)CCO1. The number of morpholine rings is 1. The first-order valence-corrected chi connectivity index (χ1v) is 6.54. The zero-order valence-electron chi connectivity index (χ0n) is 11.0. The highest BCUT2D eigenvalue weighted by Gasteiger charge is 2.26. The van der Waals surface area contributed by atoms with Gasteiger partial charge in [0.25, 0.3) is 0 Å². The van der Waals surface area contributed by atoms with Crippen LogP contribution < -0.4 is 10.6 Å². The van der Waals surface area contributed by atoms with Gasteiger partial charge in [-0.05, 0) is 20.3 Å². The molecule has 0 atom stereocenters. The first-order valence-electron chi connectivity index (χ1n) is 6.54.